The van der Waals surface area contributed by atoms with E-state index >= 15 is 0 Å². The number of aliphatic hydroxyl groups excluding tert-OH is 1. The summed E-state index contributed by atoms with van der Waals surface area (Å²) in [5.74, 6) is 0.268. The first-order valence-corrected chi connectivity index (χ1v) is 12.6. The van der Waals surface area contributed by atoms with Crippen molar-refractivity contribution in [3.63, 3.8) is 0 Å². The van der Waals surface area contributed by atoms with Crippen molar-refractivity contribution in [2.24, 2.45) is 34.5 Å². The number of allylic oxidation sites excluding steroid dienone is 2. The first-order chi connectivity index (χ1) is 14.9. The van der Waals surface area contributed by atoms with E-state index in [1.807, 2.05) is 12.2 Å². The Hall–Kier alpha value is -1.62. The molecule has 5 nitrogen and oxygen atoms in total. The molecule has 0 aliphatic heterocycles. The number of carboxylic acids is 1. The molecule has 0 saturated heterocycles. The lowest BCUT2D eigenvalue weighted by molar-refractivity contribution is -0.148. The summed E-state index contributed by atoms with van der Waals surface area (Å²) in [5, 5.41) is 20.8. The number of carboxylic acid groups (broad SMARTS) is 1. The third kappa shape index (κ3) is 3.38. The summed E-state index contributed by atoms with van der Waals surface area (Å²) >= 11 is 0. The van der Waals surface area contributed by atoms with Crippen LogP contribution in [0.15, 0.2) is 23.3 Å². The molecule has 0 aromatic carbocycles. The summed E-state index contributed by atoms with van der Waals surface area (Å²) in [4.78, 5) is 27.3. The molecular formula is C27H41NO4. The van der Waals surface area contributed by atoms with Crippen LogP contribution in [0.4, 0.5) is 0 Å². The topological polar surface area (TPSA) is 77.8 Å². The number of nitrogens with zero attached hydrogens (tertiary/aromatic N) is 1. The molecule has 7 atom stereocenters. The molecule has 0 heterocycles. The van der Waals surface area contributed by atoms with E-state index in [2.05, 4.69) is 46.4 Å². The molecule has 0 aromatic heterocycles. The standard InChI is InChI=1S/C27H41NO4/c1-15(2)28(16(3)4)24(30)21-8-7-19-23-20(10-12-27(19,21)6)26(5)11-9-17(25(31)32)13-18(26)14-22(23)29/h13-16,19-23,29H,7-12H2,1-6H3,(H,31,32)/t19?,20?,21-,22?,23?,26?,27?/m1/s1. The first-order valence-electron chi connectivity index (χ1n) is 12.6. The zero-order chi connectivity index (χ0) is 23.6. The van der Waals surface area contributed by atoms with Crippen LogP contribution < -0.4 is 0 Å². The number of hydrogen-bond donors (Lipinski definition) is 2. The van der Waals surface area contributed by atoms with Crippen LogP contribution in [-0.4, -0.2) is 45.2 Å². The molecule has 32 heavy (non-hydrogen) atoms. The molecule has 0 radical (unpaired) electrons. The third-order valence-electron chi connectivity index (χ3n) is 9.74. The Morgan fingerprint density at radius 2 is 1.69 bits per heavy atom. The fraction of sp³-hybridized carbons (Fsp3) is 0.778. The van der Waals surface area contributed by atoms with Gasteiger partial charge in [0.05, 0.1) is 6.10 Å². The molecule has 178 valence electrons. The van der Waals surface area contributed by atoms with Gasteiger partial charge in [0.1, 0.15) is 0 Å². The summed E-state index contributed by atoms with van der Waals surface area (Å²) in [7, 11) is 0. The Kier molecular flexibility index (Phi) is 5.89. The number of aliphatic carboxylic acids is 1. The minimum absolute atomic E-state index is 0.0218. The molecule has 2 saturated carbocycles. The minimum Gasteiger partial charge on any atom is -0.478 e. The number of aliphatic hydroxyl groups is 1. The number of fused-ring (bicyclic) bond motifs is 5. The number of hydrogen-bond acceptors (Lipinski definition) is 3. The van der Waals surface area contributed by atoms with Crippen molar-refractivity contribution in [2.75, 3.05) is 0 Å². The van der Waals surface area contributed by atoms with Gasteiger partial charge in [0.15, 0.2) is 0 Å². The third-order valence-corrected chi connectivity index (χ3v) is 9.74. The van der Waals surface area contributed by atoms with Crippen LogP contribution in [0.1, 0.15) is 80.1 Å². The normalized spacial score (nSPS) is 40.8. The lowest BCUT2D eigenvalue weighted by atomic mass is 9.47. The van der Waals surface area contributed by atoms with Crippen molar-refractivity contribution >= 4 is 11.9 Å². The number of amides is 1. The lowest BCUT2D eigenvalue weighted by Crippen LogP contribution is -2.55. The molecule has 4 aliphatic rings. The maximum Gasteiger partial charge on any atom is 0.331 e. The molecule has 6 unspecified atom stereocenters. The second kappa shape index (κ2) is 8.00. The van der Waals surface area contributed by atoms with E-state index in [0.717, 1.165) is 37.7 Å². The first kappa shape index (κ1) is 23.5. The van der Waals surface area contributed by atoms with Gasteiger partial charge in [0.25, 0.3) is 0 Å². The second-order valence-electron chi connectivity index (χ2n) is 11.9. The summed E-state index contributed by atoms with van der Waals surface area (Å²) < 4.78 is 0. The van der Waals surface area contributed by atoms with Gasteiger partial charge in [-0.15, -0.1) is 0 Å². The number of carbonyl (C=O) groups excluding carboxylic acids is 1. The van der Waals surface area contributed by atoms with Crippen LogP contribution in [0.3, 0.4) is 0 Å². The van der Waals surface area contributed by atoms with Gasteiger partial charge in [-0.1, -0.05) is 19.9 Å². The molecule has 0 aromatic rings. The van der Waals surface area contributed by atoms with Gasteiger partial charge in [0, 0.05) is 23.6 Å². The van der Waals surface area contributed by atoms with Crippen LogP contribution in [0.25, 0.3) is 0 Å². The van der Waals surface area contributed by atoms with Gasteiger partial charge in [-0.05, 0) is 106 Å². The zero-order valence-electron chi connectivity index (χ0n) is 20.6. The van der Waals surface area contributed by atoms with Crippen molar-refractivity contribution in [3.05, 3.63) is 23.3 Å². The van der Waals surface area contributed by atoms with Gasteiger partial charge in [0.2, 0.25) is 5.91 Å². The van der Waals surface area contributed by atoms with Crippen molar-refractivity contribution in [1.29, 1.82) is 0 Å². The fourth-order valence-electron chi connectivity index (χ4n) is 8.17. The Balaban J connectivity index is 1.66. The summed E-state index contributed by atoms with van der Waals surface area (Å²) in [6, 6.07) is 0.368. The maximum atomic E-state index is 13.7. The lowest BCUT2D eigenvalue weighted by Gasteiger charge is -2.58. The summed E-state index contributed by atoms with van der Waals surface area (Å²) in [6.45, 7) is 13.0. The molecule has 4 aliphatic carbocycles. The SMILES string of the molecule is CC(C)N(C(=O)[C@H]1CCC2C3C(O)C=C4C=C(C(=O)O)CCC4(C)C3CCC21C)C(C)C. The van der Waals surface area contributed by atoms with Crippen molar-refractivity contribution in [1.82, 2.24) is 4.90 Å². The van der Waals surface area contributed by atoms with E-state index in [-0.39, 0.29) is 40.7 Å². The highest BCUT2D eigenvalue weighted by Gasteiger charge is 2.62. The smallest absolute Gasteiger partial charge is 0.331 e. The molecule has 4 rings (SSSR count). The highest BCUT2D eigenvalue weighted by molar-refractivity contribution is 5.87. The average Bonchev–Trinajstić information content (AvgIpc) is 3.04. The molecular weight excluding hydrogens is 402 g/mol. The zero-order valence-corrected chi connectivity index (χ0v) is 20.6. The predicted molar refractivity (Wildman–Crippen MR) is 125 cm³/mol. The number of rotatable bonds is 4. The minimum atomic E-state index is -0.849. The molecule has 1 amide bonds. The Morgan fingerprint density at radius 1 is 1.03 bits per heavy atom. The van der Waals surface area contributed by atoms with Crippen molar-refractivity contribution in [3.8, 4) is 0 Å². The predicted octanol–water partition coefficient (Wildman–Crippen LogP) is 4.80. The maximum absolute atomic E-state index is 13.7. The van der Waals surface area contributed by atoms with E-state index in [4.69, 9.17) is 0 Å². The highest BCUT2D eigenvalue weighted by Crippen LogP contribution is 2.66. The molecule has 0 spiro atoms. The van der Waals surface area contributed by atoms with Crippen LogP contribution >= 0.6 is 0 Å². The monoisotopic (exact) mass is 443 g/mol. The molecule has 5 heteroatoms. The van der Waals surface area contributed by atoms with Crippen molar-refractivity contribution in [2.45, 2.75) is 98.3 Å². The Labute approximate surface area is 192 Å². The van der Waals surface area contributed by atoms with Crippen LogP contribution in [0, 0.1) is 34.5 Å². The van der Waals surface area contributed by atoms with Gasteiger partial charge in [-0.2, -0.15) is 0 Å². The quantitative estimate of drug-likeness (QED) is 0.654. The summed E-state index contributed by atoms with van der Waals surface area (Å²) in [5.41, 5.74) is 1.29. The molecule has 2 fully saturated rings. The van der Waals surface area contributed by atoms with Gasteiger partial charge < -0.3 is 15.1 Å². The van der Waals surface area contributed by atoms with E-state index in [1.165, 1.54) is 0 Å². The van der Waals surface area contributed by atoms with Gasteiger partial charge >= 0.3 is 5.97 Å². The average molecular weight is 444 g/mol. The highest BCUT2D eigenvalue weighted by atomic mass is 16.4. The van der Waals surface area contributed by atoms with Gasteiger partial charge in [-0.25, -0.2) is 4.79 Å². The van der Waals surface area contributed by atoms with Crippen molar-refractivity contribution < 1.29 is 19.8 Å². The Morgan fingerprint density at radius 3 is 2.28 bits per heavy atom. The van der Waals surface area contributed by atoms with E-state index in [0.29, 0.717) is 23.8 Å². The fourth-order valence-corrected chi connectivity index (χ4v) is 8.17. The van der Waals surface area contributed by atoms with Gasteiger partial charge in [-0.3, -0.25) is 4.79 Å². The summed E-state index contributed by atoms with van der Waals surface area (Å²) in [6.07, 6.45) is 8.50. The molecule has 0 bridgehead atoms. The number of carbonyl (C=O) groups is 2. The van der Waals surface area contributed by atoms with Crippen LogP contribution in [0.2, 0.25) is 0 Å². The van der Waals surface area contributed by atoms with Crippen LogP contribution in [0.5, 0.6) is 0 Å². The van der Waals surface area contributed by atoms with E-state index in [1.54, 1.807) is 0 Å². The Bertz CT molecular complexity index is 850. The van der Waals surface area contributed by atoms with E-state index < -0.39 is 12.1 Å². The van der Waals surface area contributed by atoms with E-state index in [9.17, 15) is 19.8 Å². The largest absolute Gasteiger partial charge is 0.478 e. The second-order valence-corrected chi connectivity index (χ2v) is 11.9. The molecule has 2 N–H and O–H groups in total. The van der Waals surface area contributed by atoms with Crippen LogP contribution in [-0.2, 0) is 9.59 Å².